The summed E-state index contributed by atoms with van der Waals surface area (Å²) in [4.78, 5) is 43.2. The predicted molar refractivity (Wildman–Crippen MR) is 154 cm³/mol. The van der Waals surface area contributed by atoms with Crippen LogP contribution in [0.3, 0.4) is 0 Å². The molecule has 2 unspecified atom stereocenters. The molecule has 1 aliphatic carbocycles. The summed E-state index contributed by atoms with van der Waals surface area (Å²) in [6, 6.07) is 16.3. The molecule has 1 saturated heterocycles. The lowest BCUT2D eigenvalue weighted by Crippen LogP contribution is -2.47. The molecular weight excluding hydrogens is 524 g/mol. The molecule has 1 saturated carbocycles. The van der Waals surface area contributed by atoms with Gasteiger partial charge in [-0.05, 0) is 56.4 Å². The summed E-state index contributed by atoms with van der Waals surface area (Å²) in [7, 11) is 1.54. The van der Waals surface area contributed by atoms with Gasteiger partial charge in [0, 0.05) is 32.2 Å². The van der Waals surface area contributed by atoms with Gasteiger partial charge in [-0.15, -0.1) is 0 Å². The van der Waals surface area contributed by atoms with Crippen LogP contribution < -0.4 is 4.90 Å². The van der Waals surface area contributed by atoms with Crippen LogP contribution in [0.1, 0.15) is 51.2 Å². The highest BCUT2D eigenvalue weighted by molar-refractivity contribution is 5.85. The van der Waals surface area contributed by atoms with Gasteiger partial charge in [0.25, 0.3) is 0 Å². The van der Waals surface area contributed by atoms with Crippen molar-refractivity contribution in [3.05, 3.63) is 65.7 Å². The van der Waals surface area contributed by atoms with Gasteiger partial charge in [0.2, 0.25) is 6.10 Å². The van der Waals surface area contributed by atoms with Crippen LogP contribution in [-0.2, 0) is 41.6 Å². The van der Waals surface area contributed by atoms with E-state index in [2.05, 4.69) is 4.90 Å². The molecule has 2 aromatic carbocycles. The molecule has 0 aromatic heterocycles. The first kappa shape index (κ1) is 30.4. The molecular formula is C32H42N2O7. The second-order valence-electron chi connectivity index (χ2n) is 11.8. The number of likely N-dealkylation sites (N-methyl/N-ethyl adjacent to an activating group) is 1. The van der Waals surface area contributed by atoms with Crippen LogP contribution in [0, 0.1) is 5.92 Å². The second-order valence-corrected chi connectivity index (χ2v) is 11.8. The number of anilines is 1. The maximum absolute atomic E-state index is 13.6. The summed E-state index contributed by atoms with van der Waals surface area (Å²) >= 11 is 0. The van der Waals surface area contributed by atoms with Gasteiger partial charge in [-0.3, -0.25) is 4.90 Å². The number of hydrogen-bond acceptors (Lipinski definition) is 8. The molecule has 222 valence electrons. The Kier molecular flexibility index (Phi) is 10.3. The maximum atomic E-state index is 13.6. The molecule has 2 aliphatic rings. The van der Waals surface area contributed by atoms with Crippen LogP contribution in [0.25, 0.3) is 0 Å². The fraction of sp³-hybridized carbons (Fsp3) is 0.531. The summed E-state index contributed by atoms with van der Waals surface area (Å²) in [6.07, 6.45) is 0.800. The van der Waals surface area contributed by atoms with E-state index in [1.165, 1.54) is 11.9 Å². The van der Waals surface area contributed by atoms with Crippen LogP contribution in [-0.4, -0.2) is 74.0 Å². The minimum Gasteiger partial charge on any atom is -0.458 e. The first-order valence-electron chi connectivity index (χ1n) is 14.4. The number of nitrogens with zero attached hydrogens (tertiary/aromatic N) is 2. The van der Waals surface area contributed by atoms with E-state index in [1.54, 1.807) is 20.8 Å². The zero-order valence-corrected chi connectivity index (χ0v) is 24.5. The molecule has 1 amide bonds. The Labute approximate surface area is 242 Å². The summed E-state index contributed by atoms with van der Waals surface area (Å²) in [5, 5.41) is 0. The van der Waals surface area contributed by atoms with Crippen molar-refractivity contribution in [2.45, 2.75) is 70.8 Å². The Morgan fingerprint density at radius 2 is 1.61 bits per heavy atom. The summed E-state index contributed by atoms with van der Waals surface area (Å²) in [6.45, 7) is 8.40. The van der Waals surface area contributed by atoms with Crippen molar-refractivity contribution in [1.82, 2.24) is 4.90 Å². The Bertz CT molecular complexity index is 1150. The second kappa shape index (κ2) is 13.9. The minimum atomic E-state index is -1.17. The van der Waals surface area contributed by atoms with Crippen LogP contribution in [0.5, 0.6) is 0 Å². The van der Waals surface area contributed by atoms with Crippen molar-refractivity contribution in [3.8, 4) is 0 Å². The number of rotatable bonds is 11. The summed E-state index contributed by atoms with van der Waals surface area (Å²) in [5.41, 5.74) is 2.02. The number of carbonyl (C=O) groups is 3. The Morgan fingerprint density at radius 3 is 2.22 bits per heavy atom. The molecule has 0 radical (unpaired) electrons. The SMILES string of the molecule is CN(C(=O)OC(C)(C)C)C(CC1CC1)C(=O)OC(Cc1ccc(N2CCOCC2)cc1)C(=O)OCc1ccccc1. The van der Waals surface area contributed by atoms with E-state index in [9.17, 15) is 14.4 Å². The van der Waals surface area contributed by atoms with E-state index in [0.717, 1.165) is 42.7 Å². The monoisotopic (exact) mass is 566 g/mol. The number of carbonyl (C=O) groups excluding carboxylic acids is 3. The Balaban J connectivity index is 1.48. The van der Waals surface area contributed by atoms with Crippen LogP contribution in [0.4, 0.5) is 10.5 Å². The van der Waals surface area contributed by atoms with Crippen molar-refractivity contribution in [2.24, 2.45) is 5.92 Å². The van der Waals surface area contributed by atoms with Gasteiger partial charge < -0.3 is 23.8 Å². The first-order valence-corrected chi connectivity index (χ1v) is 14.4. The van der Waals surface area contributed by atoms with E-state index in [1.807, 2.05) is 54.6 Å². The average molecular weight is 567 g/mol. The van der Waals surface area contributed by atoms with Crippen molar-refractivity contribution in [3.63, 3.8) is 0 Å². The topological polar surface area (TPSA) is 94.6 Å². The molecule has 2 fully saturated rings. The van der Waals surface area contributed by atoms with Gasteiger partial charge in [0.05, 0.1) is 13.2 Å². The van der Waals surface area contributed by atoms with Gasteiger partial charge >= 0.3 is 18.0 Å². The number of amides is 1. The molecule has 9 heteroatoms. The molecule has 0 spiro atoms. The third-order valence-electron chi connectivity index (χ3n) is 7.15. The standard InChI is InChI=1S/C32H42N2O7/c1-32(2,3)41-31(37)33(4)27(20-23-10-11-23)29(35)40-28(30(36)39-22-25-8-6-5-7-9-25)21-24-12-14-26(15-13-24)34-16-18-38-19-17-34/h5-9,12-15,23,27-28H,10-11,16-22H2,1-4H3. The molecule has 2 aromatic rings. The lowest BCUT2D eigenvalue weighted by atomic mass is 10.1. The fourth-order valence-corrected chi connectivity index (χ4v) is 4.63. The third-order valence-corrected chi connectivity index (χ3v) is 7.15. The molecule has 9 nitrogen and oxygen atoms in total. The third kappa shape index (κ3) is 9.49. The zero-order valence-electron chi connectivity index (χ0n) is 24.5. The van der Waals surface area contributed by atoms with E-state index in [-0.39, 0.29) is 13.0 Å². The van der Waals surface area contributed by atoms with Crippen molar-refractivity contribution in [1.29, 1.82) is 0 Å². The van der Waals surface area contributed by atoms with E-state index in [0.29, 0.717) is 25.6 Å². The van der Waals surface area contributed by atoms with Gasteiger partial charge in [0.1, 0.15) is 18.2 Å². The van der Waals surface area contributed by atoms with E-state index < -0.39 is 35.8 Å². The number of esters is 2. The quantitative estimate of drug-likeness (QED) is 0.284. The molecule has 1 aliphatic heterocycles. The van der Waals surface area contributed by atoms with Gasteiger partial charge in [-0.2, -0.15) is 0 Å². The molecule has 0 N–H and O–H groups in total. The zero-order chi connectivity index (χ0) is 29.4. The fourth-order valence-electron chi connectivity index (χ4n) is 4.63. The van der Waals surface area contributed by atoms with Crippen LogP contribution in [0.15, 0.2) is 54.6 Å². The van der Waals surface area contributed by atoms with E-state index in [4.69, 9.17) is 18.9 Å². The Morgan fingerprint density at radius 1 is 0.951 bits per heavy atom. The van der Waals surface area contributed by atoms with Gasteiger partial charge in [0.15, 0.2) is 0 Å². The van der Waals surface area contributed by atoms with Crippen molar-refractivity contribution in [2.75, 3.05) is 38.3 Å². The highest BCUT2D eigenvalue weighted by Crippen LogP contribution is 2.35. The molecule has 41 heavy (non-hydrogen) atoms. The smallest absolute Gasteiger partial charge is 0.410 e. The van der Waals surface area contributed by atoms with Crippen molar-refractivity contribution >= 4 is 23.7 Å². The first-order chi connectivity index (χ1) is 19.6. The number of benzene rings is 2. The lowest BCUT2D eigenvalue weighted by Gasteiger charge is -2.30. The van der Waals surface area contributed by atoms with E-state index >= 15 is 0 Å². The summed E-state index contributed by atoms with van der Waals surface area (Å²) < 4.78 is 22.4. The normalized spacial score (nSPS) is 16.8. The molecule has 0 bridgehead atoms. The summed E-state index contributed by atoms with van der Waals surface area (Å²) in [5.74, 6) is -0.949. The van der Waals surface area contributed by atoms with Gasteiger partial charge in [-0.25, -0.2) is 14.4 Å². The maximum Gasteiger partial charge on any atom is 0.410 e. The van der Waals surface area contributed by atoms with Crippen LogP contribution >= 0.6 is 0 Å². The van der Waals surface area contributed by atoms with Crippen molar-refractivity contribution < 1.29 is 33.3 Å². The largest absolute Gasteiger partial charge is 0.458 e. The molecule has 1 heterocycles. The van der Waals surface area contributed by atoms with Gasteiger partial charge in [-0.1, -0.05) is 55.3 Å². The number of morpholine rings is 1. The number of ether oxygens (including phenoxy) is 4. The lowest BCUT2D eigenvalue weighted by molar-refractivity contribution is -0.171. The number of hydrogen-bond donors (Lipinski definition) is 0. The van der Waals surface area contributed by atoms with Crippen LogP contribution in [0.2, 0.25) is 0 Å². The highest BCUT2D eigenvalue weighted by atomic mass is 16.6. The highest BCUT2D eigenvalue weighted by Gasteiger charge is 2.38. The Hall–Kier alpha value is -3.59. The predicted octanol–water partition coefficient (Wildman–Crippen LogP) is 4.76. The molecule has 4 rings (SSSR count). The molecule has 2 atom stereocenters. The average Bonchev–Trinajstić information content (AvgIpc) is 3.79. The minimum absolute atomic E-state index is 0.0625.